The van der Waals surface area contributed by atoms with Gasteiger partial charge in [-0.25, -0.2) is 4.79 Å². The van der Waals surface area contributed by atoms with E-state index in [-0.39, 0.29) is 0 Å². The molecule has 2 aromatic carbocycles. The highest BCUT2D eigenvalue weighted by Gasteiger charge is 2.05. The third kappa shape index (κ3) is 4.81. The van der Waals surface area contributed by atoms with Crippen molar-refractivity contribution in [2.75, 3.05) is 11.9 Å². The quantitative estimate of drug-likeness (QED) is 0.844. The first-order valence-electron chi connectivity index (χ1n) is 7.52. The highest BCUT2D eigenvalue weighted by Crippen LogP contribution is 2.17. The van der Waals surface area contributed by atoms with Crippen LogP contribution in [-0.2, 0) is 6.42 Å². The molecule has 0 aliphatic carbocycles. The second-order valence-corrected chi connectivity index (χ2v) is 4.87. The number of benzene rings is 2. The van der Waals surface area contributed by atoms with Crippen LogP contribution in [0, 0.1) is 0 Å². The number of aryl methyl sites for hydroxylation is 1. The lowest BCUT2D eigenvalue weighted by Gasteiger charge is -2.08. The Kier molecular flexibility index (Phi) is 5.83. The van der Waals surface area contributed by atoms with Gasteiger partial charge in [0.15, 0.2) is 0 Å². The topological polar surface area (TPSA) is 47.6 Å². The number of carbonyl (C=O) groups excluding carboxylic acids is 1. The minimum Gasteiger partial charge on any atom is -0.494 e. The summed E-state index contributed by atoms with van der Waals surface area (Å²) in [5.41, 5.74) is 1.90. The van der Waals surface area contributed by atoms with Gasteiger partial charge in [0.05, 0.1) is 6.61 Å². The van der Waals surface area contributed by atoms with Gasteiger partial charge in [-0.05, 0) is 55.3 Å². The van der Waals surface area contributed by atoms with E-state index in [1.165, 1.54) is 5.56 Å². The highest BCUT2D eigenvalue weighted by molar-refractivity contribution is 5.86. The summed E-state index contributed by atoms with van der Waals surface area (Å²) in [5.74, 6) is 1.30. The average Bonchev–Trinajstić information content (AvgIpc) is 2.52. The number of amides is 1. The van der Waals surface area contributed by atoms with Crippen LogP contribution >= 0.6 is 0 Å². The molecule has 116 valence electrons. The van der Waals surface area contributed by atoms with Gasteiger partial charge in [-0.1, -0.05) is 25.5 Å². The van der Waals surface area contributed by atoms with Gasteiger partial charge in [-0.3, -0.25) is 5.32 Å². The number of hydrogen-bond donors (Lipinski definition) is 1. The predicted molar refractivity (Wildman–Crippen MR) is 87.7 cm³/mol. The van der Waals surface area contributed by atoms with Gasteiger partial charge in [-0.2, -0.15) is 0 Å². The van der Waals surface area contributed by atoms with E-state index >= 15 is 0 Å². The van der Waals surface area contributed by atoms with Crippen molar-refractivity contribution in [3.05, 3.63) is 54.1 Å². The van der Waals surface area contributed by atoms with Crippen LogP contribution in [0.2, 0.25) is 0 Å². The molecule has 2 aromatic rings. The average molecular weight is 299 g/mol. The third-order valence-electron chi connectivity index (χ3n) is 3.08. The zero-order valence-electron chi connectivity index (χ0n) is 13.0. The summed E-state index contributed by atoms with van der Waals surface area (Å²) >= 11 is 0. The van der Waals surface area contributed by atoms with E-state index in [2.05, 4.69) is 12.2 Å². The lowest BCUT2D eigenvalue weighted by atomic mass is 10.1. The van der Waals surface area contributed by atoms with E-state index in [1.807, 2.05) is 31.2 Å². The number of ether oxygens (including phenoxy) is 2. The SMILES string of the molecule is CCCc1ccc(OC(=O)Nc2ccc(OCC)cc2)cc1. The smallest absolute Gasteiger partial charge is 0.417 e. The zero-order valence-corrected chi connectivity index (χ0v) is 13.0. The minimum absolute atomic E-state index is 0.507. The Morgan fingerprint density at radius 1 is 0.955 bits per heavy atom. The summed E-state index contributed by atoms with van der Waals surface area (Å²) in [6.07, 6.45) is 1.62. The molecule has 0 saturated heterocycles. The van der Waals surface area contributed by atoms with E-state index in [0.717, 1.165) is 18.6 Å². The van der Waals surface area contributed by atoms with Crippen molar-refractivity contribution in [2.45, 2.75) is 26.7 Å². The van der Waals surface area contributed by atoms with Crippen LogP contribution < -0.4 is 14.8 Å². The Hall–Kier alpha value is -2.49. The van der Waals surface area contributed by atoms with Crippen molar-refractivity contribution < 1.29 is 14.3 Å². The second kappa shape index (κ2) is 8.08. The lowest BCUT2D eigenvalue weighted by Crippen LogP contribution is -2.16. The van der Waals surface area contributed by atoms with Crippen molar-refractivity contribution in [1.82, 2.24) is 0 Å². The fraction of sp³-hybridized carbons (Fsp3) is 0.278. The highest BCUT2D eigenvalue weighted by atomic mass is 16.6. The van der Waals surface area contributed by atoms with Gasteiger partial charge in [0.2, 0.25) is 0 Å². The first-order chi connectivity index (χ1) is 10.7. The standard InChI is InChI=1S/C18H21NO3/c1-3-5-14-6-10-17(11-7-14)22-18(20)19-15-8-12-16(13-9-15)21-4-2/h6-13H,3-5H2,1-2H3,(H,19,20). The number of hydrogen-bond acceptors (Lipinski definition) is 3. The maximum atomic E-state index is 11.8. The van der Waals surface area contributed by atoms with Crippen LogP contribution in [0.3, 0.4) is 0 Å². The zero-order chi connectivity index (χ0) is 15.8. The molecule has 0 bridgehead atoms. The monoisotopic (exact) mass is 299 g/mol. The van der Waals surface area contributed by atoms with Gasteiger partial charge in [-0.15, -0.1) is 0 Å². The molecule has 4 heteroatoms. The molecular formula is C18H21NO3. The van der Waals surface area contributed by atoms with Gasteiger partial charge < -0.3 is 9.47 Å². The molecule has 0 aliphatic rings. The molecule has 0 radical (unpaired) electrons. The third-order valence-corrected chi connectivity index (χ3v) is 3.08. The first-order valence-corrected chi connectivity index (χ1v) is 7.52. The van der Waals surface area contributed by atoms with Gasteiger partial charge in [0.25, 0.3) is 0 Å². The van der Waals surface area contributed by atoms with Crippen LogP contribution in [0.5, 0.6) is 11.5 Å². The van der Waals surface area contributed by atoms with Crippen LogP contribution in [0.25, 0.3) is 0 Å². The van der Waals surface area contributed by atoms with Crippen molar-refractivity contribution in [3.63, 3.8) is 0 Å². The van der Waals surface area contributed by atoms with E-state index in [0.29, 0.717) is 18.0 Å². The molecule has 1 N–H and O–H groups in total. The maximum absolute atomic E-state index is 11.8. The Labute approximate surface area is 131 Å². The first kappa shape index (κ1) is 15.9. The predicted octanol–water partition coefficient (Wildman–Crippen LogP) is 4.65. The minimum atomic E-state index is -0.507. The van der Waals surface area contributed by atoms with E-state index in [1.54, 1.807) is 24.3 Å². The second-order valence-electron chi connectivity index (χ2n) is 4.87. The molecule has 0 spiro atoms. The molecule has 0 saturated carbocycles. The Morgan fingerprint density at radius 3 is 2.18 bits per heavy atom. The Bertz CT molecular complexity index is 537. The van der Waals surface area contributed by atoms with E-state index in [9.17, 15) is 4.79 Å². The largest absolute Gasteiger partial charge is 0.494 e. The van der Waals surface area contributed by atoms with Gasteiger partial charge in [0.1, 0.15) is 11.5 Å². The number of rotatable bonds is 6. The summed E-state index contributed by atoms with van der Waals surface area (Å²) < 4.78 is 10.6. The van der Waals surface area contributed by atoms with E-state index < -0.39 is 6.09 Å². The molecule has 4 nitrogen and oxygen atoms in total. The van der Waals surface area contributed by atoms with Gasteiger partial charge in [0, 0.05) is 5.69 Å². The molecule has 0 heterocycles. The fourth-order valence-electron chi connectivity index (χ4n) is 2.06. The van der Waals surface area contributed by atoms with Crippen LogP contribution in [0.1, 0.15) is 25.8 Å². The normalized spacial score (nSPS) is 10.1. The van der Waals surface area contributed by atoms with Crippen molar-refractivity contribution in [1.29, 1.82) is 0 Å². The summed E-state index contributed by atoms with van der Waals surface area (Å²) in [7, 11) is 0. The fourth-order valence-corrected chi connectivity index (χ4v) is 2.06. The van der Waals surface area contributed by atoms with Crippen LogP contribution in [0.15, 0.2) is 48.5 Å². The molecular weight excluding hydrogens is 278 g/mol. The maximum Gasteiger partial charge on any atom is 0.417 e. The van der Waals surface area contributed by atoms with E-state index in [4.69, 9.17) is 9.47 Å². The summed E-state index contributed by atoms with van der Waals surface area (Å²) in [6.45, 7) is 4.67. The summed E-state index contributed by atoms with van der Waals surface area (Å²) in [5, 5.41) is 2.68. The van der Waals surface area contributed by atoms with Crippen molar-refractivity contribution in [2.24, 2.45) is 0 Å². The number of nitrogens with one attached hydrogen (secondary N) is 1. The number of carbonyl (C=O) groups is 1. The number of anilines is 1. The molecule has 2 rings (SSSR count). The Morgan fingerprint density at radius 2 is 1.59 bits per heavy atom. The molecule has 22 heavy (non-hydrogen) atoms. The van der Waals surface area contributed by atoms with Crippen molar-refractivity contribution in [3.8, 4) is 11.5 Å². The van der Waals surface area contributed by atoms with Gasteiger partial charge >= 0.3 is 6.09 Å². The molecule has 1 amide bonds. The molecule has 0 unspecified atom stereocenters. The lowest BCUT2D eigenvalue weighted by molar-refractivity contribution is 0.215. The van der Waals surface area contributed by atoms with Crippen LogP contribution in [0.4, 0.5) is 10.5 Å². The molecule has 0 aromatic heterocycles. The molecule has 0 fully saturated rings. The molecule has 0 atom stereocenters. The molecule has 0 aliphatic heterocycles. The summed E-state index contributed by atoms with van der Waals surface area (Å²) in [4.78, 5) is 11.8. The van der Waals surface area contributed by atoms with Crippen LogP contribution in [-0.4, -0.2) is 12.7 Å². The summed E-state index contributed by atoms with van der Waals surface area (Å²) in [6, 6.07) is 14.7. The van der Waals surface area contributed by atoms with Crippen molar-refractivity contribution >= 4 is 11.8 Å². The Balaban J connectivity index is 1.89.